The van der Waals surface area contributed by atoms with E-state index in [0.29, 0.717) is 25.1 Å². The largest absolute Gasteiger partial charge is 0.337 e. The van der Waals surface area contributed by atoms with Crippen molar-refractivity contribution < 1.29 is 9.59 Å². The van der Waals surface area contributed by atoms with Gasteiger partial charge in [0, 0.05) is 37.0 Å². The summed E-state index contributed by atoms with van der Waals surface area (Å²) in [6.07, 6.45) is 2.95. The second-order valence-electron chi connectivity index (χ2n) is 5.45. The lowest BCUT2D eigenvalue weighted by molar-refractivity contribution is -0.125. The van der Waals surface area contributed by atoms with Gasteiger partial charge in [0.05, 0.1) is 11.1 Å². The number of pyridine rings is 1. The summed E-state index contributed by atoms with van der Waals surface area (Å²) in [4.78, 5) is 30.7. The van der Waals surface area contributed by atoms with Crippen LogP contribution in [0.1, 0.15) is 30.1 Å². The number of hydrogen-bond acceptors (Lipinski definition) is 3. The van der Waals surface area contributed by atoms with Gasteiger partial charge in [-0.05, 0) is 18.6 Å². The number of amides is 1. The number of ketones is 1. The van der Waals surface area contributed by atoms with Crippen molar-refractivity contribution in [1.29, 1.82) is 0 Å². The molecule has 1 aromatic carbocycles. The Morgan fingerprint density at radius 1 is 1.33 bits per heavy atom. The van der Waals surface area contributed by atoms with Crippen molar-refractivity contribution in [2.75, 3.05) is 13.1 Å². The van der Waals surface area contributed by atoms with Gasteiger partial charge in [0.25, 0.3) is 5.91 Å². The molecule has 0 saturated carbocycles. The predicted octanol–water partition coefficient (Wildman–Crippen LogP) is 2.68. The van der Waals surface area contributed by atoms with Crippen LogP contribution in [0.15, 0.2) is 36.5 Å². The lowest BCUT2D eigenvalue weighted by atomic mass is 9.93. The minimum absolute atomic E-state index is 0.0226. The number of piperidine rings is 1. The van der Waals surface area contributed by atoms with E-state index in [1.54, 1.807) is 11.1 Å². The van der Waals surface area contributed by atoms with Crippen molar-refractivity contribution in [3.8, 4) is 0 Å². The summed E-state index contributed by atoms with van der Waals surface area (Å²) in [5, 5.41) is 0.962. The topological polar surface area (TPSA) is 50.3 Å². The van der Waals surface area contributed by atoms with E-state index in [1.165, 1.54) is 0 Å². The molecule has 1 atom stereocenters. The van der Waals surface area contributed by atoms with Crippen LogP contribution in [0, 0.1) is 5.92 Å². The highest BCUT2D eigenvalue weighted by Crippen LogP contribution is 2.22. The van der Waals surface area contributed by atoms with Crippen LogP contribution in [0.2, 0.25) is 0 Å². The highest BCUT2D eigenvalue weighted by Gasteiger charge is 2.29. The fraction of sp³-hybridized carbons (Fsp3) is 0.353. The molecule has 0 N–H and O–H groups in total. The molecule has 1 amide bonds. The van der Waals surface area contributed by atoms with Gasteiger partial charge >= 0.3 is 0 Å². The van der Waals surface area contributed by atoms with Gasteiger partial charge < -0.3 is 4.90 Å². The Hall–Kier alpha value is -2.23. The summed E-state index contributed by atoms with van der Waals surface area (Å²) < 4.78 is 0. The molecule has 21 heavy (non-hydrogen) atoms. The van der Waals surface area contributed by atoms with Crippen molar-refractivity contribution in [3.05, 3.63) is 42.1 Å². The summed E-state index contributed by atoms with van der Waals surface area (Å²) in [5.74, 6) is 0.230. The first-order valence-electron chi connectivity index (χ1n) is 7.36. The molecule has 1 aromatic heterocycles. The molecule has 4 heteroatoms. The summed E-state index contributed by atoms with van der Waals surface area (Å²) in [6, 6.07) is 9.46. The number of benzene rings is 1. The van der Waals surface area contributed by atoms with Gasteiger partial charge in [0.1, 0.15) is 5.78 Å². The predicted molar refractivity (Wildman–Crippen MR) is 81.1 cm³/mol. The average molecular weight is 282 g/mol. The van der Waals surface area contributed by atoms with Gasteiger partial charge in [-0.25, -0.2) is 0 Å². The maximum atomic E-state index is 12.8. The SMILES string of the molecule is CCC1CN(C(=O)c2cccc3cccnc23)CCC1=O. The lowest BCUT2D eigenvalue weighted by Gasteiger charge is -2.31. The van der Waals surface area contributed by atoms with Crippen LogP contribution in [0.5, 0.6) is 0 Å². The number of rotatable bonds is 2. The van der Waals surface area contributed by atoms with Crippen LogP contribution < -0.4 is 0 Å². The summed E-state index contributed by atoms with van der Waals surface area (Å²) >= 11 is 0. The maximum absolute atomic E-state index is 12.8. The number of aromatic nitrogens is 1. The third-order valence-electron chi connectivity index (χ3n) is 4.17. The van der Waals surface area contributed by atoms with Gasteiger partial charge in [-0.15, -0.1) is 0 Å². The van der Waals surface area contributed by atoms with Crippen molar-refractivity contribution in [2.24, 2.45) is 5.92 Å². The number of fused-ring (bicyclic) bond motifs is 1. The molecule has 2 aromatic rings. The van der Waals surface area contributed by atoms with E-state index in [2.05, 4.69) is 4.98 Å². The van der Waals surface area contributed by atoms with Crippen LogP contribution in [-0.4, -0.2) is 34.7 Å². The van der Waals surface area contributed by atoms with E-state index < -0.39 is 0 Å². The highest BCUT2D eigenvalue weighted by molar-refractivity contribution is 6.05. The van der Waals surface area contributed by atoms with Crippen LogP contribution in [0.25, 0.3) is 10.9 Å². The molecule has 3 rings (SSSR count). The van der Waals surface area contributed by atoms with E-state index in [0.717, 1.165) is 17.3 Å². The molecule has 0 radical (unpaired) electrons. The number of likely N-dealkylation sites (tertiary alicyclic amines) is 1. The van der Waals surface area contributed by atoms with Crippen molar-refractivity contribution in [3.63, 3.8) is 0 Å². The van der Waals surface area contributed by atoms with Crippen molar-refractivity contribution in [2.45, 2.75) is 19.8 Å². The van der Waals surface area contributed by atoms with Crippen molar-refractivity contribution >= 4 is 22.6 Å². The summed E-state index contributed by atoms with van der Waals surface area (Å²) in [7, 11) is 0. The van der Waals surface area contributed by atoms with E-state index in [1.807, 2.05) is 37.3 Å². The van der Waals surface area contributed by atoms with E-state index in [4.69, 9.17) is 0 Å². The first kappa shape index (κ1) is 13.7. The van der Waals surface area contributed by atoms with Gasteiger partial charge in [0.15, 0.2) is 0 Å². The van der Waals surface area contributed by atoms with E-state index >= 15 is 0 Å². The van der Waals surface area contributed by atoms with Gasteiger partial charge in [0.2, 0.25) is 0 Å². The molecular formula is C17H18N2O2. The molecule has 1 unspecified atom stereocenters. The second kappa shape index (κ2) is 5.64. The van der Waals surface area contributed by atoms with Crippen molar-refractivity contribution in [1.82, 2.24) is 9.88 Å². The fourth-order valence-electron chi connectivity index (χ4n) is 2.90. The number of para-hydroxylation sites is 1. The quantitative estimate of drug-likeness (QED) is 0.851. The number of Topliss-reactive ketones (excluding diaryl/α,β-unsaturated/α-hetero) is 1. The van der Waals surface area contributed by atoms with Crippen LogP contribution >= 0.6 is 0 Å². The van der Waals surface area contributed by atoms with E-state index in [9.17, 15) is 9.59 Å². The van der Waals surface area contributed by atoms with Crippen LogP contribution in [0.3, 0.4) is 0 Å². The minimum atomic E-state index is -0.0229. The van der Waals surface area contributed by atoms with E-state index in [-0.39, 0.29) is 17.6 Å². The Labute approximate surface area is 123 Å². The van der Waals surface area contributed by atoms with Gasteiger partial charge in [-0.3, -0.25) is 14.6 Å². The lowest BCUT2D eigenvalue weighted by Crippen LogP contribution is -2.44. The standard InChI is InChI=1S/C17H18N2O2/c1-2-12-11-19(10-8-15(12)20)17(21)14-7-3-5-13-6-4-9-18-16(13)14/h3-7,9,12H,2,8,10-11H2,1H3. The Morgan fingerprint density at radius 3 is 2.95 bits per heavy atom. The summed E-state index contributed by atoms with van der Waals surface area (Å²) in [5.41, 5.74) is 1.35. The smallest absolute Gasteiger partial charge is 0.256 e. The molecule has 1 fully saturated rings. The highest BCUT2D eigenvalue weighted by atomic mass is 16.2. The first-order valence-corrected chi connectivity index (χ1v) is 7.36. The Kier molecular flexibility index (Phi) is 3.69. The number of carbonyl (C=O) groups excluding carboxylic acids is 2. The second-order valence-corrected chi connectivity index (χ2v) is 5.45. The third kappa shape index (κ3) is 2.53. The molecular weight excluding hydrogens is 264 g/mol. The fourth-order valence-corrected chi connectivity index (χ4v) is 2.90. The van der Waals surface area contributed by atoms with Gasteiger partial charge in [-0.1, -0.05) is 25.1 Å². The molecule has 0 aliphatic carbocycles. The minimum Gasteiger partial charge on any atom is -0.337 e. The Bertz CT molecular complexity index is 691. The molecule has 108 valence electrons. The Balaban J connectivity index is 1.92. The number of nitrogens with zero attached hydrogens (tertiary/aromatic N) is 2. The number of carbonyl (C=O) groups is 2. The molecule has 1 saturated heterocycles. The number of hydrogen-bond donors (Lipinski definition) is 0. The zero-order chi connectivity index (χ0) is 14.8. The molecule has 0 bridgehead atoms. The first-order chi connectivity index (χ1) is 10.2. The molecule has 4 nitrogen and oxygen atoms in total. The molecule has 2 heterocycles. The van der Waals surface area contributed by atoms with Crippen LogP contribution in [0.4, 0.5) is 0 Å². The third-order valence-corrected chi connectivity index (χ3v) is 4.17. The average Bonchev–Trinajstić information content (AvgIpc) is 2.54. The molecule has 1 aliphatic rings. The van der Waals surface area contributed by atoms with Crippen LogP contribution in [-0.2, 0) is 4.79 Å². The molecule has 0 spiro atoms. The molecule has 1 aliphatic heterocycles. The Morgan fingerprint density at radius 2 is 2.14 bits per heavy atom. The summed E-state index contributed by atoms with van der Waals surface area (Å²) in [6.45, 7) is 3.03. The normalized spacial score (nSPS) is 19.0. The van der Waals surface area contributed by atoms with Gasteiger partial charge in [-0.2, -0.15) is 0 Å². The zero-order valence-corrected chi connectivity index (χ0v) is 12.1. The monoisotopic (exact) mass is 282 g/mol. The zero-order valence-electron chi connectivity index (χ0n) is 12.1. The maximum Gasteiger partial charge on any atom is 0.256 e.